The zero-order chi connectivity index (χ0) is 9.42. The fraction of sp³-hybridized carbons (Fsp3) is 0.818. The molecule has 2 saturated heterocycles. The molecule has 13 heavy (non-hydrogen) atoms. The molecule has 74 valence electrons. The predicted octanol–water partition coefficient (Wildman–Crippen LogP) is 1.41. The van der Waals surface area contributed by atoms with Gasteiger partial charge < -0.3 is 5.11 Å². The first-order valence-electron chi connectivity index (χ1n) is 5.27. The van der Waals surface area contributed by atoms with Gasteiger partial charge in [-0.15, -0.1) is 0 Å². The first kappa shape index (κ1) is 9.22. The Morgan fingerprint density at radius 2 is 2.15 bits per heavy atom. The third kappa shape index (κ3) is 1.53. The Hall–Kier alpha value is -0.340. The van der Waals surface area contributed by atoms with E-state index in [1.807, 2.05) is 6.92 Å². The number of hydrogen-bond acceptors (Lipinski definition) is 2. The lowest BCUT2D eigenvalue weighted by Gasteiger charge is -2.39. The molecule has 1 N–H and O–H groups in total. The molecular weight excluding hydrogens is 162 g/mol. The van der Waals surface area contributed by atoms with Crippen LogP contribution in [-0.4, -0.2) is 35.2 Å². The molecule has 2 nitrogen and oxygen atoms in total. The summed E-state index contributed by atoms with van der Waals surface area (Å²) in [6.45, 7) is 8.34. The lowest BCUT2D eigenvalue weighted by atomic mass is 9.84. The SMILES string of the molecule is C=C(C)[C@H]1CCN2CCC[C@H]2[C@H]1O. The quantitative estimate of drug-likeness (QED) is 0.618. The van der Waals surface area contributed by atoms with Crippen molar-refractivity contribution in [1.29, 1.82) is 0 Å². The first-order chi connectivity index (χ1) is 6.20. The Bertz CT molecular complexity index is 214. The van der Waals surface area contributed by atoms with Crippen LogP contribution < -0.4 is 0 Å². The lowest BCUT2D eigenvalue weighted by Crippen LogP contribution is -2.49. The van der Waals surface area contributed by atoms with E-state index in [4.69, 9.17) is 0 Å². The minimum Gasteiger partial charge on any atom is -0.391 e. The number of nitrogens with zero attached hydrogens (tertiary/aromatic N) is 1. The van der Waals surface area contributed by atoms with Crippen LogP contribution in [0.4, 0.5) is 0 Å². The molecule has 0 bridgehead atoms. The molecule has 2 heteroatoms. The molecular formula is C11H19NO. The van der Waals surface area contributed by atoms with Crippen molar-refractivity contribution in [3.63, 3.8) is 0 Å². The topological polar surface area (TPSA) is 23.5 Å². The third-order valence-electron chi connectivity index (χ3n) is 3.58. The van der Waals surface area contributed by atoms with Gasteiger partial charge in [0.25, 0.3) is 0 Å². The Labute approximate surface area is 80.2 Å². The van der Waals surface area contributed by atoms with Crippen molar-refractivity contribution in [2.24, 2.45) is 5.92 Å². The van der Waals surface area contributed by atoms with E-state index in [2.05, 4.69) is 11.5 Å². The maximum absolute atomic E-state index is 10.1. The van der Waals surface area contributed by atoms with Crippen LogP contribution in [0.25, 0.3) is 0 Å². The zero-order valence-electron chi connectivity index (χ0n) is 8.37. The van der Waals surface area contributed by atoms with Crippen LogP contribution in [0.3, 0.4) is 0 Å². The average molecular weight is 181 g/mol. The molecule has 2 fully saturated rings. The highest BCUT2D eigenvalue weighted by Gasteiger charge is 2.39. The van der Waals surface area contributed by atoms with Crippen molar-refractivity contribution < 1.29 is 5.11 Å². The summed E-state index contributed by atoms with van der Waals surface area (Å²) in [7, 11) is 0. The van der Waals surface area contributed by atoms with Gasteiger partial charge in [-0.2, -0.15) is 0 Å². The summed E-state index contributed by atoms with van der Waals surface area (Å²) >= 11 is 0. The number of hydrogen-bond donors (Lipinski definition) is 1. The standard InChI is InChI=1S/C11H19NO/c1-8(2)9-5-7-12-6-3-4-10(12)11(9)13/h9-11,13H,1,3-7H2,2H3/t9-,10+,11+/m1/s1. The van der Waals surface area contributed by atoms with Crippen LogP contribution in [0, 0.1) is 5.92 Å². The molecule has 2 aliphatic rings. The molecule has 2 heterocycles. The van der Waals surface area contributed by atoms with Gasteiger partial charge in [0.15, 0.2) is 0 Å². The average Bonchev–Trinajstić information content (AvgIpc) is 2.52. The molecule has 2 aliphatic heterocycles. The smallest absolute Gasteiger partial charge is 0.0760 e. The van der Waals surface area contributed by atoms with Gasteiger partial charge in [-0.3, -0.25) is 4.90 Å². The van der Waals surface area contributed by atoms with Crippen LogP contribution in [0.5, 0.6) is 0 Å². The van der Waals surface area contributed by atoms with Crippen molar-refractivity contribution >= 4 is 0 Å². The monoisotopic (exact) mass is 181 g/mol. The molecule has 0 saturated carbocycles. The highest BCUT2D eigenvalue weighted by atomic mass is 16.3. The summed E-state index contributed by atoms with van der Waals surface area (Å²) in [6.07, 6.45) is 3.36. The van der Waals surface area contributed by atoms with E-state index in [1.165, 1.54) is 19.4 Å². The van der Waals surface area contributed by atoms with Gasteiger partial charge in [0.2, 0.25) is 0 Å². The number of aliphatic hydroxyl groups is 1. The minimum atomic E-state index is -0.159. The molecule has 0 radical (unpaired) electrons. The van der Waals surface area contributed by atoms with Crippen LogP contribution in [0.15, 0.2) is 12.2 Å². The largest absolute Gasteiger partial charge is 0.391 e. The molecule has 0 aliphatic carbocycles. The predicted molar refractivity (Wildman–Crippen MR) is 53.5 cm³/mol. The second kappa shape index (κ2) is 3.43. The normalized spacial score (nSPS) is 40.3. The molecule has 0 aromatic carbocycles. The third-order valence-corrected chi connectivity index (χ3v) is 3.58. The van der Waals surface area contributed by atoms with Crippen LogP contribution in [0.1, 0.15) is 26.2 Å². The molecule has 2 rings (SSSR count). The fourth-order valence-corrected chi connectivity index (χ4v) is 2.80. The maximum Gasteiger partial charge on any atom is 0.0760 e. The number of rotatable bonds is 1. The van der Waals surface area contributed by atoms with Crippen molar-refractivity contribution in [3.05, 3.63) is 12.2 Å². The van der Waals surface area contributed by atoms with Gasteiger partial charge in [0.1, 0.15) is 0 Å². The summed E-state index contributed by atoms with van der Waals surface area (Å²) < 4.78 is 0. The van der Waals surface area contributed by atoms with Crippen molar-refractivity contribution in [2.75, 3.05) is 13.1 Å². The fourth-order valence-electron chi connectivity index (χ4n) is 2.80. The van der Waals surface area contributed by atoms with Gasteiger partial charge in [-0.1, -0.05) is 12.2 Å². The van der Waals surface area contributed by atoms with Crippen LogP contribution >= 0.6 is 0 Å². The lowest BCUT2D eigenvalue weighted by molar-refractivity contribution is 0.00191. The Kier molecular flexibility index (Phi) is 2.43. The van der Waals surface area contributed by atoms with Crippen LogP contribution in [-0.2, 0) is 0 Å². The Morgan fingerprint density at radius 1 is 1.38 bits per heavy atom. The van der Waals surface area contributed by atoms with Gasteiger partial charge in [-0.25, -0.2) is 0 Å². The highest BCUT2D eigenvalue weighted by Crippen LogP contribution is 2.33. The summed E-state index contributed by atoms with van der Waals surface area (Å²) in [5.74, 6) is 0.347. The van der Waals surface area contributed by atoms with Crippen molar-refractivity contribution in [3.8, 4) is 0 Å². The van der Waals surface area contributed by atoms with E-state index in [0.29, 0.717) is 12.0 Å². The van der Waals surface area contributed by atoms with Gasteiger partial charge in [0, 0.05) is 12.0 Å². The first-order valence-corrected chi connectivity index (χ1v) is 5.27. The van der Waals surface area contributed by atoms with E-state index >= 15 is 0 Å². The van der Waals surface area contributed by atoms with E-state index in [0.717, 1.165) is 18.5 Å². The number of aliphatic hydroxyl groups excluding tert-OH is 1. The minimum absolute atomic E-state index is 0.159. The molecule has 0 aromatic rings. The summed E-state index contributed by atoms with van der Waals surface area (Å²) in [6, 6.07) is 0.426. The summed E-state index contributed by atoms with van der Waals surface area (Å²) in [4.78, 5) is 2.43. The number of fused-ring (bicyclic) bond motifs is 1. The molecule has 0 unspecified atom stereocenters. The molecule has 0 amide bonds. The maximum atomic E-state index is 10.1. The summed E-state index contributed by atoms with van der Waals surface area (Å²) in [5.41, 5.74) is 1.15. The van der Waals surface area contributed by atoms with Gasteiger partial charge in [0.05, 0.1) is 6.10 Å². The number of piperidine rings is 1. The van der Waals surface area contributed by atoms with E-state index in [-0.39, 0.29) is 6.10 Å². The van der Waals surface area contributed by atoms with Crippen molar-refractivity contribution in [1.82, 2.24) is 4.90 Å². The highest BCUT2D eigenvalue weighted by molar-refractivity contribution is 5.06. The Balaban J connectivity index is 2.08. The van der Waals surface area contributed by atoms with E-state index in [9.17, 15) is 5.11 Å². The van der Waals surface area contributed by atoms with E-state index in [1.54, 1.807) is 0 Å². The Morgan fingerprint density at radius 3 is 2.85 bits per heavy atom. The summed E-state index contributed by atoms with van der Waals surface area (Å²) in [5, 5.41) is 10.1. The molecule has 3 atom stereocenters. The zero-order valence-corrected chi connectivity index (χ0v) is 8.37. The van der Waals surface area contributed by atoms with Gasteiger partial charge in [-0.05, 0) is 39.3 Å². The van der Waals surface area contributed by atoms with E-state index < -0.39 is 0 Å². The van der Waals surface area contributed by atoms with Gasteiger partial charge >= 0.3 is 0 Å². The van der Waals surface area contributed by atoms with Crippen molar-refractivity contribution in [2.45, 2.75) is 38.3 Å². The second-order valence-corrected chi connectivity index (χ2v) is 4.48. The molecule has 0 aromatic heterocycles. The van der Waals surface area contributed by atoms with Crippen LogP contribution in [0.2, 0.25) is 0 Å². The molecule has 0 spiro atoms. The second-order valence-electron chi connectivity index (χ2n) is 4.48.